The van der Waals surface area contributed by atoms with Crippen LogP contribution in [0.5, 0.6) is 0 Å². The number of hydrogen-bond donors (Lipinski definition) is 0. The van der Waals surface area contributed by atoms with E-state index >= 15 is 0 Å². The SMILES string of the molecule is Cc1ccc(/C=C/COC(=O)OC(C)(C)C)cc1. The molecule has 0 spiro atoms. The molecule has 0 bridgehead atoms. The predicted octanol–water partition coefficient (Wildman–Crippen LogP) is 3.96. The van der Waals surface area contributed by atoms with Crippen LogP contribution in [0.3, 0.4) is 0 Å². The van der Waals surface area contributed by atoms with E-state index in [2.05, 4.69) is 0 Å². The molecule has 18 heavy (non-hydrogen) atoms. The summed E-state index contributed by atoms with van der Waals surface area (Å²) in [7, 11) is 0. The van der Waals surface area contributed by atoms with E-state index in [1.165, 1.54) is 5.56 Å². The minimum Gasteiger partial charge on any atom is -0.430 e. The zero-order valence-corrected chi connectivity index (χ0v) is 11.4. The van der Waals surface area contributed by atoms with Gasteiger partial charge in [-0.25, -0.2) is 4.79 Å². The molecular weight excluding hydrogens is 228 g/mol. The van der Waals surface area contributed by atoms with Gasteiger partial charge in [-0.2, -0.15) is 0 Å². The third-order valence-corrected chi connectivity index (χ3v) is 2.07. The lowest BCUT2D eigenvalue weighted by Crippen LogP contribution is -2.24. The maximum Gasteiger partial charge on any atom is 0.509 e. The summed E-state index contributed by atoms with van der Waals surface area (Å²) < 4.78 is 9.93. The van der Waals surface area contributed by atoms with E-state index in [1.807, 2.05) is 37.3 Å². The average molecular weight is 248 g/mol. The maximum atomic E-state index is 11.2. The van der Waals surface area contributed by atoms with Crippen LogP contribution in [0.15, 0.2) is 30.3 Å². The van der Waals surface area contributed by atoms with Crippen LogP contribution in [0, 0.1) is 6.92 Å². The Bertz CT molecular complexity index is 410. The largest absolute Gasteiger partial charge is 0.509 e. The van der Waals surface area contributed by atoms with Gasteiger partial charge in [-0.15, -0.1) is 0 Å². The Morgan fingerprint density at radius 3 is 2.39 bits per heavy atom. The van der Waals surface area contributed by atoms with Crippen molar-refractivity contribution in [1.82, 2.24) is 0 Å². The van der Waals surface area contributed by atoms with Crippen molar-refractivity contribution in [3.05, 3.63) is 41.5 Å². The van der Waals surface area contributed by atoms with E-state index in [4.69, 9.17) is 9.47 Å². The number of rotatable bonds is 3. The second-order valence-electron chi connectivity index (χ2n) is 5.09. The average Bonchev–Trinajstić information content (AvgIpc) is 2.24. The molecule has 0 atom stereocenters. The zero-order chi connectivity index (χ0) is 13.6. The molecule has 3 heteroatoms. The molecule has 0 saturated heterocycles. The number of aryl methyl sites for hydroxylation is 1. The first-order chi connectivity index (χ1) is 8.37. The molecule has 0 aliphatic carbocycles. The second-order valence-corrected chi connectivity index (χ2v) is 5.09. The third-order valence-electron chi connectivity index (χ3n) is 2.07. The molecule has 0 amide bonds. The summed E-state index contributed by atoms with van der Waals surface area (Å²) in [5, 5.41) is 0. The molecule has 0 saturated carbocycles. The van der Waals surface area contributed by atoms with Crippen molar-refractivity contribution in [3.8, 4) is 0 Å². The number of benzene rings is 1. The lowest BCUT2D eigenvalue weighted by Gasteiger charge is -2.18. The summed E-state index contributed by atoms with van der Waals surface area (Å²) >= 11 is 0. The van der Waals surface area contributed by atoms with Gasteiger partial charge in [-0.1, -0.05) is 35.9 Å². The lowest BCUT2D eigenvalue weighted by molar-refractivity contribution is -0.00234. The van der Waals surface area contributed by atoms with Gasteiger partial charge in [0.25, 0.3) is 0 Å². The molecule has 0 aromatic heterocycles. The molecule has 0 N–H and O–H groups in total. The third kappa shape index (κ3) is 6.09. The summed E-state index contributed by atoms with van der Waals surface area (Å²) in [5.74, 6) is 0. The van der Waals surface area contributed by atoms with Crippen LogP contribution in [-0.4, -0.2) is 18.4 Å². The molecule has 3 nitrogen and oxygen atoms in total. The highest BCUT2D eigenvalue weighted by Crippen LogP contribution is 2.08. The van der Waals surface area contributed by atoms with Gasteiger partial charge in [0.15, 0.2) is 0 Å². The van der Waals surface area contributed by atoms with Crippen LogP contribution in [0.25, 0.3) is 6.08 Å². The summed E-state index contributed by atoms with van der Waals surface area (Å²) in [6.45, 7) is 7.66. The van der Waals surface area contributed by atoms with Gasteiger partial charge in [0, 0.05) is 0 Å². The van der Waals surface area contributed by atoms with Crippen molar-refractivity contribution in [3.63, 3.8) is 0 Å². The van der Waals surface area contributed by atoms with Crippen molar-refractivity contribution >= 4 is 12.2 Å². The fourth-order valence-corrected chi connectivity index (χ4v) is 1.26. The monoisotopic (exact) mass is 248 g/mol. The molecule has 0 aliphatic heterocycles. The minimum atomic E-state index is -0.643. The van der Waals surface area contributed by atoms with E-state index in [1.54, 1.807) is 26.8 Å². The van der Waals surface area contributed by atoms with Crippen molar-refractivity contribution < 1.29 is 14.3 Å². The van der Waals surface area contributed by atoms with Gasteiger partial charge in [-0.3, -0.25) is 0 Å². The first-order valence-electron chi connectivity index (χ1n) is 5.96. The summed E-state index contributed by atoms with van der Waals surface area (Å²) in [5.41, 5.74) is 1.78. The van der Waals surface area contributed by atoms with Gasteiger partial charge in [-0.05, 0) is 39.3 Å². The molecule has 1 aromatic rings. The lowest BCUT2D eigenvalue weighted by atomic mass is 10.1. The van der Waals surface area contributed by atoms with Crippen LogP contribution in [0.2, 0.25) is 0 Å². The Labute approximate surface area is 108 Å². The Balaban J connectivity index is 2.33. The minimum absolute atomic E-state index is 0.211. The second kappa shape index (κ2) is 6.24. The predicted molar refractivity (Wildman–Crippen MR) is 72.4 cm³/mol. The Kier molecular flexibility index (Phi) is 4.95. The van der Waals surface area contributed by atoms with Gasteiger partial charge >= 0.3 is 6.16 Å². The normalized spacial score (nSPS) is 11.6. The number of hydrogen-bond acceptors (Lipinski definition) is 3. The first-order valence-corrected chi connectivity index (χ1v) is 5.96. The Morgan fingerprint density at radius 1 is 1.22 bits per heavy atom. The van der Waals surface area contributed by atoms with Gasteiger partial charge < -0.3 is 9.47 Å². The highest BCUT2D eigenvalue weighted by Gasteiger charge is 2.16. The highest BCUT2D eigenvalue weighted by atomic mass is 16.7. The van der Waals surface area contributed by atoms with Crippen LogP contribution in [-0.2, 0) is 9.47 Å². The molecular formula is C15H20O3. The highest BCUT2D eigenvalue weighted by molar-refractivity contribution is 5.61. The molecule has 0 heterocycles. The van der Waals surface area contributed by atoms with E-state index in [0.717, 1.165) is 5.56 Å². The van der Waals surface area contributed by atoms with Crippen LogP contribution >= 0.6 is 0 Å². The smallest absolute Gasteiger partial charge is 0.430 e. The number of ether oxygens (including phenoxy) is 2. The fourth-order valence-electron chi connectivity index (χ4n) is 1.26. The fraction of sp³-hybridized carbons (Fsp3) is 0.400. The molecule has 0 unspecified atom stereocenters. The molecule has 0 fully saturated rings. The number of carbonyl (C=O) groups is 1. The van der Waals surface area contributed by atoms with E-state index in [9.17, 15) is 4.79 Å². The Morgan fingerprint density at radius 2 is 1.83 bits per heavy atom. The maximum absolute atomic E-state index is 11.2. The van der Waals surface area contributed by atoms with Crippen molar-refractivity contribution in [1.29, 1.82) is 0 Å². The van der Waals surface area contributed by atoms with Gasteiger partial charge in [0.2, 0.25) is 0 Å². The Hall–Kier alpha value is -1.77. The van der Waals surface area contributed by atoms with Crippen molar-refractivity contribution in [2.24, 2.45) is 0 Å². The molecule has 1 rings (SSSR count). The topological polar surface area (TPSA) is 35.5 Å². The molecule has 98 valence electrons. The van der Waals surface area contributed by atoms with Crippen LogP contribution < -0.4 is 0 Å². The molecule has 0 radical (unpaired) electrons. The quantitative estimate of drug-likeness (QED) is 0.759. The van der Waals surface area contributed by atoms with Crippen LogP contribution in [0.4, 0.5) is 4.79 Å². The van der Waals surface area contributed by atoms with Crippen LogP contribution in [0.1, 0.15) is 31.9 Å². The summed E-state index contributed by atoms with van der Waals surface area (Å²) in [6.07, 6.45) is 3.05. The van der Waals surface area contributed by atoms with E-state index in [-0.39, 0.29) is 6.61 Å². The number of carbonyl (C=O) groups excluding carboxylic acids is 1. The van der Waals surface area contributed by atoms with Crippen molar-refractivity contribution in [2.75, 3.05) is 6.61 Å². The van der Waals surface area contributed by atoms with E-state index < -0.39 is 11.8 Å². The molecule has 0 aliphatic rings. The molecule has 1 aromatic carbocycles. The summed E-state index contributed by atoms with van der Waals surface area (Å²) in [4.78, 5) is 11.2. The van der Waals surface area contributed by atoms with Gasteiger partial charge in [0.1, 0.15) is 12.2 Å². The zero-order valence-electron chi connectivity index (χ0n) is 11.4. The van der Waals surface area contributed by atoms with Crippen molar-refractivity contribution in [2.45, 2.75) is 33.3 Å². The standard InChI is InChI=1S/C15H20O3/c1-12-7-9-13(10-8-12)6-5-11-17-14(16)18-15(2,3)4/h5-10H,11H2,1-4H3/b6-5+. The van der Waals surface area contributed by atoms with E-state index in [0.29, 0.717) is 0 Å². The first kappa shape index (κ1) is 14.3. The summed E-state index contributed by atoms with van der Waals surface area (Å²) in [6, 6.07) is 8.10. The van der Waals surface area contributed by atoms with Gasteiger partial charge in [0.05, 0.1) is 0 Å².